The minimum atomic E-state index is -8.77. The molecule has 0 aliphatic heterocycles. The van der Waals surface area contributed by atoms with Gasteiger partial charge >= 0.3 is 83.4 Å². The topological polar surface area (TPSA) is 26.0 Å². The Kier molecular flexibility index (Phi) is 12.1. The molecule has 0 aliphatic rings. The molecule has 0 bridgehead atoms. The van der Waals surface area contributed by atoms with Crippen LogP contribution in [0, 0.1) is 0 Å². The van der Waals surface area contributed by atoms with Crippen LogP contribution in [-0.2, 0) is 0 Å². The summed E-state index contributed by atoms with van der Waals surface area (Å²) in [7, 11) is -5.30. The number of hydrogen-bond acceptors (Lipinski definition) is 1. The van der Waals surface area contributed by atoms with E-state index in [4.69, 9.17) is 5.40 Å². The van der Waals surface area contributed by atoms with E-state index in [1.807, 2.05) is 0 Å². The van der Waals surface area contributed by atoms with Crippen molar-refractivity contribution in [2.75, 3.05) is 0 Å². The molecular formula is C19H13F30NSi. The van der Waals surface area contributed by atoms with E-state index >= 15 is 0 Å². The summed E-state index contributed by atoms with van der Waals surface area (Å²) in [5, 5.41) is 4.98. The molecule has 0 aromatic rings. The predicted octanol–water partition coefficient (Wildman–Crippen LogP) is 11.0. The van der Waals surface area contributed by atoms with Gasteiger partial charge in [-0.05, 0) is 12.1 Å². The molecular weight excluding hydrogens is 840 g/mol. The number of alkyl halides is 30. The van der Waals surface area contributed by atoms with Gasteiger partial charge in [-0.15, -0.1) is 0 Å². The molecule has 0 heterocycles. The highest BCUT2D eigenvalue weighted by Gasteiger charge is 2.94. The first-order chi connectivity index (χ1) is 21.4. The third-order valence-corrected chi connectivity index (χ3v) is 9.59. The van der Waals surface area contributed by atoms with E-state index in [1.165, 1.54) is 0 Å². The molecule has 0 atom stereocenters. The van der Waals surface area contributed by atoms with Crippen molar-refractivity contribution in [3.05, 3.63) is 0 Å². The molecule has 0 rings (SSSR count). The van der Waals surface area contributed by atoms with Gasteiger partial charge in [-0.25, -0.2) is 0 Å². The summed E-state index contributed by atoms with van der Waals surface area (Å²) in [6, 6.07) is -4.81. The summed E-state index contributed by atoms with van der Waals surface area (Å²) in [5.41, 5.74) is 0. The van der Waals surface area contributed by atoms with Crippen LogP contribution < -0.4 is 5.40 Å². The zero-order valence-electron chi connectivity index (χ0n) is 23.2. The third kappa shape index (κ3) is 7.08. The highest BCUT2D eigenvalue weighted by atomic mass is 28.3. The van der Waals surface area contributed by atoms with Crippen molar-refractivity contribution in [3.63, 3.8) is 0 Å². The van der Waals surface area contributed by atoms with Crippen LogP contribution in [0.4, 0.5) is 132 Å². The maximum Gasteiger partial charge on any atom is 0.460 e. The maximum absolute atomic E-state index is 14.0. The molecule has 308 valence electrons. The van der Waals surface area contributed by atoms with E-state index in [0.29, 0.717) is 0 Å². The molecule has 0 amide bonds. The Hall–Kier alpha value is -1.92. The van der Waals surface area contributed by atoms with E-state index in [0.717, 1.165) is 0 Å². The molecule has 0 aromatic heterocycles. The Morgan fingerprint density at radius 3 is 0.627 bits per heavy atom. The van der Waals surface area contributed by atoms with Gasteiger partial charge in [-0.1, -0.05) is 6.55 Å². The van der Waals surface area contributed by atoms with Crippen molar-refractivity contribution in [3.8, 4) is 0 Å². The average molecular weight is 853 g/mol. The van der Waals surface area contributed by atoms with Crippen LogP contribution in [0.2, 0.25) is 18.6 Å². The maximum atomic E-state index is 14.0. The lowest BCUT2D eigenvalue weighted by molar-refractivity contribution is -0.452. The van der Waals surface area contributed by atoms with Crippen molar-refractivity contribution >= 4 is 8.24 Å². The molecule has 0 aromatic carbocycles. The van der Waals surface area contributed by atoms with Gasteiger partial charge in [0, 0.05) is 12.8 Å². The fourth-order valence-corrected chi connectivity index (χ4v) is 5.34. The minimum absolute atomic E-state index is 0.0367. The second-order valence-electron chi connectivity index (χ2n) is 10.8. The number of halogens is 30. The molecule has 0 fully saturated rings. The van der Waals surface area contributed by atoms with Crippen LogP contribution in [0.25, 0.3) is 0 Å². The van der Waals surface area contributed by atoms with Gasteiger partial charge in [0.25, 0.3) is 0 Å². The van der Waals surface area contributed by atoms with Gasteiger partial charge in [-0.3, -0.25) is 0 Å². The molecule has 0 saturated carbocycles. The summed E-state index contributed by atoms with van der Waals surface area (Å²) < 4.78 is 397. The Balaban J connectivity index is 6.44. The summed E-state index contributed by atoms with van der Waals surface area (Å²) in [6.45, 7) is -0.0367. The zero-order valence-corrected chi connectivity index (χ0v) is 24.2. The lowest BCUT2D eigenvalue weighted by Crippen LogP contribution is -2.72. The lowest BCUT2D eigenvalue weighted by Gasteiger charge is -2.42. The number of rotatable bonds is 16. The van der Waals surface area contributed by atoms with Crippen molar-refractivity contribution in [2.24, 2.45) is 5.40 Å². The summed E-state index contributed by atoms with van der Waals surface area (Å²) >= 11 is 0. The van der Waals surface area contributed by atoms with Crippen LogP contribution in [0.1, 0.15) is 12.8 Å². The SMILES string of the molecule is C[Si](N)(CCC(F)(F)C(F)(F)C(F)(F)C(F)(F)C(F)(F)C(F)(F)C(F)(F)F)CCC(F)(F)C(F)(F)C(F)(F)C(F)(F)C(F)(F)C(F)(F)C(F)(F)F. The Morgan fingerprint density at radius 1 is 0.294 bits per heavy atom. The smallest absolute Gasteiger partial charge is 0.351 e. The van der Waals surface area contributed by atoms with E-state index in [-0.39, 0.29) is 6.55 Å². The fourth-order valence-electron chi connectivity index (χ4n) is 3.32. The monoisotopic (exact) mass is 853 g/mol. The van der Waals surface area contributed by atoms with Crippen molar-refractivity contribution in [1.82, 2.24) is 0 Å². The first-order valence-corrected chi connectivity index (χ1v) is 14.9. The van der Waals surface area contributed by atoms with Crippen LogP contribution in [0.5, 0.6) is 0 Å². The van der Waals surface area contributed by atoms with Crippen LogP contribution in [0.15, 0.2) is 0 Å². The van der Waals surface area contributed by atoms with Gasteiger partial charge in [0.05, 0.1) is 0 Å². The van der Waals surface area contributed by atoms with Crippen molar-refractivity contribution in [1.29, 1.82) is 0 Å². The summed E-state index contributed by atoms with van der Waals surface area (Å²) in [5.74, 6) is -99.4. The largest absolute Gasteiger partial charge is 0.460 e. The van der Waals surface area contributed by atoms with Crippen molar-refractivity contribution < 1.29 is 132 Å². The second kappa shape index (κ2) is 12.6. The Bertz CT molecular complexity index is 1130. The molecule has 0 spiro atoms. The number of hydrogen-bond donors (Lipinski definition) is 1. The van der Waals surface area contributed by atoms with Gasteiger partial charge in [-0.2, -0.15) is 132 Å². The summed E-state index contributed by atoms with van der Waals surface area (Å²) in [4.78, 5) is 0. The second-order valence-corrected chi connectivity index (χ2v) is 15.1. The minimum Gasteiger partial charge on any atom is -0.351 e. The number of nitrogens with two attached hydrogens (primary N) is 1. The van der Waals surface area contributed by atoms with E-state index in [1.54, 1.807) is 0 Å². The standard InChI is InChI=1S/C19H13F30NSi/c1-51(50,4-2-6(20,21)8(24,25)10(28,29)12(32,33)14(36,37)16(40,41)18(44,45)46)5-3-7(22,23)9(26,27)11(30,31)13(34,35)15(38,39)17(42,43)19(47,48)49/h2-5,50H2,1H3. The molecule has 2 N–H and O–H groups in total. The Morgan fingerprint density at radius 2 is 0.451 bits per heavy atom. The van der Waals surface area contributed by atoms with Crippen LogP contribution in [0.3, 0.4) is 0 Å². The van der Waals surface area contributed by atoms with Gasteiger partial charge in [0.1, 0.15) is 8.24 Å². The molecule has 32 heteroatoms. The van der Waals surface area contributed by atoms with E-state index in [9.17, 15) is 132 Å². The molecule has 0 saturated heterocycles. The predicted molar refractivity (Wildman–Crippen MR) is 106 cm³/mol. The summed E-state index contributed by atoms with van der Waals surface area (Å²) in [6.07, 6.45) is -22.6. The van der Waals surface area contributed by atoms with Gasteiger partial charge in [0.2, 0.25) is 0 Å². The average Bonchev–Trinajstić information content (AvgIpc) is 2.88. The molecule has 51 heavy (non-hydrogen) atoms. The third-order valence-electron chi connectivity index (χ3n) is 6.81. The highest BCUT2D eigenvalue weighted by molar-refractivity contribution is 6.75. The van der Waals surface area contributed by atoms with E-state index < -0.39 is 117 Å². The van der Waals surface area contributed by atoms with Crippen molar-refractivity contribution in [2.45, 2.75) is 115 Å². The highest BCUT2D eigenvalue weighted by Crippen LogP contribution is 2.65. The fraction of sp³-hybridized carbons (Fsp3) is 1.00. The molecule has 0 unspecified atom stereocenters. The Labute approximate surface area is 261 Å². The molecule has 0 aliphatic carbocycles. The van der Waals surface area contributed by atoms with Crippen LogP contribution >= 0.6 is 0 Å². The molecule has 1 nitrogen and oxygen atoms in total. The normalized spacial score (nSPS) is 16.9. The lowest BCUT2D eigenvalue weighted by atomic mass is 9.90. The first kappa shape index (κ1) is 49.1. The quantitative estimate of drug-likeness (QED) is 0.122. The van der Waals surface area contributed by atoms with Gasteiger partial charge < -0.3 is 5.40 Å². The first-order valence-electron chi connectivity index (χ1n) is 11.9. The van der Waals surface area contributed by atoms with Crippen LogP contribution in [-0.4, -0.2) is 91.7 Å². The van der Waals surface area contributed by atoms with E-state index in [2.05, 4.69) is 0 Å². The zero-order chi connectivity index (χ0) is 42.3. The van der Waals surface area contributed by atoms with Gasteiger partial charge in [0.15, 0.2) is 0 Å². The molecule has 0 radical (unpaired) electrons.